The van der Waals surface area contributed by atoms with E-state index in [0.29, 0.717) is 23.6 Å². The summed E-state index contributed by atoms with van der Waals surface area (Å²) in [6.45, 7) is 2.25. The minimum absolute atomic E-state index is 0.170. The van der Waals surface area contributed by atoms with Crippen molar-refractivity contribution in [2.75, 3.05) is 7.11 Å². The number of aromatic nitrogens is 3. The van der Waals surface area contributed by atoms with Crippen LogP contribution in [0.1, 0.15) is 21.6 Å². The van der Waals surface area contributed by atoms with E-state index in [1.54, 1.807) is 11.8 Å². The van der Waals surface area contributed by atoms with Crippen molar-refractivity contribution < 1.29 is 9.53 Å². The van der Waals surface area contributed by atoms with Crippen LogP contribution < -0.4 is 10.1 Å². The lowest BCUT2D eigenvalue weighted by molar-refractivity contribution is 0.0950. The van der Waals surface area contributed by atoms with E-state index in [4.69, 9.17) is 4.74 Å². The molecule has 146 valence electrons. The van der Waals surface area contributed by atoms with Crippen molar-refractivity contribution in [2.24, 2.45) is 0 Å². The predicted octanol–water partition coefficient (Wildman–Crippen LogP) is 3.91. The van der Waals surface area contributed by atoms with Crippen LogP contribution in [0.5, 0.6) is 5.75 Å². The molecule has 6 heteroatoms. The van der Waals surface area contributed by atoms with E-state index in [9.17, 15) is 4.79 Å². The Labute approximate surface area is 169 Å². The molecule has 2 aromatic heterocycles. The van der Waals surface area contributed by atoms with Crippen LogP contribution in [0, 0.1) is 6.92 Å². The Morgan fingerprint density at radius 2 is 1.79 bits per heavy atom. The molecule has 4 rings (SSSR count). The lowest BCUT2D eigenvalue weighted by Crippen LogP contribution is -2.24. The zero-order chi connectivity index (χ0) is 20.2. The Morgan fingerprint density at radius 1 is 1.03 bits per heavy atom. The molecular weight excluding hydrogens is 364 g/mol. The monoisotopic (exact) mass is 386 g/mol. The third-order valence-corrected chi connectivity index (χ3v) is 4.70. The van der Waals surface area contributed by atoms with Gasteiger partial charge >= 0.3 is 0 Å². The van der Waals surface area contributed by atoms with Gasteiger partial charge in [-0.3, -0.25) is 4.79 Å². The Balaban J connectivity index is 1.69. The van der Waals surface area contributed by atoms with Crippen LogP contribution in [0.4, 0.5) is 0 Å². The van der Waals surface area contributed by atoms with Gasteiger partial charge in [0, 0.05) is 18.9 Å². The fourth-order valence-corrected chi connectivity index (χ4v) is 3.30. The fraction of sp³-hybridized carbons (Fsp3) is 0.130. The highest BCUT2D eigenvalue weighted by atomic mass is 16.5. The number of amides is 1. The van der Waals surface area contributed by atoms with E-state index in [1.807, 2.05) is 90.6 Å². The Morgan fingerprint density at radius 3 is 2.52 bits per heavy atom. The number of carbonyl (C=O) groups excluding carboxylic acids is 1. The molecule has 0 aliphatic carbocycles. The number of benzene rings is 2. The normalized spacial score (nSPS) is 10.7. The predicted molar refractivity (Wildman–Crippen MR) is 112 cm³/mol. The summed E-state index contributed by atoms with van der Waals surface area (Å²) in [6, 6.07) is 21.3. The summed E-state index contributed by atoms with van der Waals surface area (Å²) in [5, 5.41) is 7.67. The molecular formula is C23H22N4O2. The highest BCUT2D eigenvalue weighted by molar-refractivity contribution is 5.98. The zero-order valence-corrected chi connectivity index (χ0v) is 16.4. The number of nitrogens with one attached hydrogen (secondary N) is 1. The first-order valence-electron chi connectivity index (χ1n) is 9.37. The van der Waals surface area contributed by atoms with Crippen LogP contribution in [0.15, 0.2) is 79.1 Å². The third kappa shape index (κ3) is 3.78. The zero-order valence-electron chi connectivity index (χ0n) is 16.4. The van der Waals surface area contributed by atoms with Gasteiger partial charge in [0.1, 0.15) is 11.3 Å². The number of ether oxygens (including phenoxy) is 1. The Hall–Kier alpha value is -3.80. The van der Waals surface area contributed by atoms with Gasteiger partial charge in [-0.2, -0.15) is 5.10 Å². The maximum atomic E-state index is 13.1. The molecule has 0 radical (unpaired) electrons. The first-order valence-corrected chi connectivity index (χ1v) is 9.37. The molecule has 0 atom stereocenters. The SMILES string of the molecule is COc1cccc(CNC(=O)c2c(C)nn(-c3ccccc3)c2-n2cccc2)c1. The molecule has 29 heavy (non-hydrogen) atoms. The number of hydrogen-bond acceptors (Lipinski definition) is 3. The number of carbonyl (C=O) groups is 1. The molecule has 0 aliphatic heterocycles. The number of rotatable bonds is 6. The second-order valence-corrected chi connectivity index (χ2v) is 6.66. The second kappa shape index (κ2) is 8.06. The van der Waals surface area contributed by atoms with Gasteiger partial charge in [-0.05, 0) is 48.9 Å². The van der Waals surface area contributed by atoms with Crippen LogP contribution in [0.25, 0.3) is 11.5 Å². The molecule has 0 saturated heterocycles. The summed E-state index contributed by atoms with van der Waals surface area (Å²) < 4.78 is 8.97. The second-order valence-electron chi connectivity index (χ2n) is 6.66. The van der Waals surface area contributed by atoms with Crippen molar-refractivity contribution in [1.29, 1.82) is 0 Å². The standard InChI is InChI=1S/C23H22N4O2/c1-17-21(22(28)24-16-18-9-8-12-20(15-18)29-2)23(26-13-6-7-14-26)27(25-17)19-10-4-3-5-11-19/h3-15H,16H2,1-2H3,(H,24,28). The molecule has 0 unspecified atom stereocenters. The summed E-state index contributed by atoms with van der Waals surface area (Å²) >= 11 is 0. The Kier molecular flexibility index (Phi) is 5.16. The van der Waals surface area contributed by atoms with Crippen LogP contribution in [0.2, 0.25) is 0 Å². The molecule has 6 nitrogen and oxygen atoms in total. The average Bonchev–Trinajstić information content (AvgIpc) is 3.40. The third-order valence-electron chi connectivity index (χ3n) is 4.70. The molecule has 0 aliphatic rings. The van der Waals surface area contributed by atoms with Crippen LogP contribution in [-0.4, -0.2) is 27.4 Å². The molecule has 0 fully saturated rings. The van der Waals surface area contributed by atoms with E-state index >= 15 is 0 Å². The van der Waals surface area contributed by atoms with Crippen molar-refractivity contribution in [1.82, 2.24) is 19.7 Å². The summed E-state index contributed by atoms with van der Waals surface area (Å²) in [5.41, 5.74) is 3.08. The molecule has 1 amide bonds. The maximum Gasteiger partial charge on any atom is 0.257 e. The highest BCUT2D eigenvalue weighted by Crippen LogP contribution is 2.23. The van der Waals surface area contributed by atoms with Crippen molar-refractivity contribution in [3.05, 3.63) is 95.9 Å². The van der Waals surface area contributed by atoms with E-state index in [1.165, 1.54) is 0 Å². The number of hydrogen-bond donors (Lipinski definition) is 1. The number of methoxy groups -OCH3 is 1. The molecule has 1 N–H and O–H groups in total. The first-order chi connectivity index (χ1) is 14.2. The average molecular weight is 386 g/mol. The van der Waals surface area contributed by atoms with Crippen LogP contribution >= 0.6 is 0 Å². The topological polar surface area (TPSA) is 61.1 Å². The smallest absolute Gasteiger partial charge is 0.257 e. The summed E-state index contributed by atoms with van der Waals surface area (Å²) in [5.74, 6) is 1.30. The van der Waals surface area contributed by atoms with Gasteiger partial charge in [-0.15, -0.1) is 0 Å². The lowest BCUT2D eigenvalue weighted by atomic mass is 10.2. The summed E-state index contributed by atoms with van der Waals surface area (Å²) in [7, 11) is 1.63. The Bertz CT molecular complexity index is 1120. The highest BCUT2D eigenvalue weighted by Gasteiger charge is 2.23. The number of aryl methyl sites for hydroxylation is 1. The van der Waals surface area contributed by atoms with E-state index < -0.39 is 0 Å². The molecule has 0 saturated carbocycles. The minimum Gasteiger partial charge on any atom is -0.497 e. The fourth-order valence-electron chi connectivity index (χ4n) is 3.30. The number of nitrogens with zero attached hydrogens (tertiary/aromatic N) is 3. The lowest BCUT2D eigenvalue weighted by Gasteiger charge is -2.11. The maximum absolute atomic E-state index is 13.1. The van der Waals surface area contributed by atoms with Crippen molar-refractivity contribution >= 4 is 5.91 Å². The van der Waals surface area contributed by atoms with Crippen molar-refractivity contribution in [3.8, 4) is 17.3 Å². The quantitative estimate of drug-likeness (QED) is 0.547. The van der Waals surface area contributed by atoms with Gasteiger partial charge < -0.3 is 14.6 Å². The van der Waals surface area contributed by atoms with Crippen LogP contribution in [-0.2, 0) is 6.54 Å². The van der Waals surface area contributed by atoms with Gasteiger partial charge in [-0.1, -0.05) is 30.3 Å². The molecule has 2 aromatic carbocycles. The van der Waals surface area contributed by atoms with Gasteiger partial charge in [0.15, 0.2) is 5.82 Å². The largest absolute Gasteiger partial charge is 0.497 e. The summed E-state index contributed by atoms with van der Waals surface area (Å²) in [4.78, 5) is 13.1. The van der Waals surface area contributed by atoms with Crippen molar-refractivity contribution in [2.45, 2.75) is 13.5 Å². The van der Waals surface area contributed by atoms with E-state index in [-0.39, 0.29) is 5.91 Å². The van der Waals surface area contributed by atoms with E-state index in [0.717, 1.165) is 17.0 Å². The molecule has 2 heterocycles. The van der Waals surface area contributed by atoms with Gasteiger partial charge in [0.25, 0.3) is 5.91 Å². The van der Waals surface area contributed by atoms with Gasteiger partial charge in [-0.25, -0.2) is 4.68 Å². The van der Waals surface area contributed by atoms with Gasteiger partial charge in [0.05, 0.1) is 18.5 Å². The molecule has 4 aromatic rings. The van der Waals surface area contributed by atoms with Crippen LogP contribution in [0.3, 0.4) is 0 Å². The van der Waals surface area contributed by atoms with E-state index in [2.05, 4.69) is 10.4 Å². The molecule has 0 spiro atoms. The summed E-state index contributed by atoms with van der Waals surface area (Å²) in [6.07, 6.45) is 3.82. The van der Waals surface area contributed by atoms with Gasteiger partial charge in [0.2, 0.25) is 0 Å². The number of para-hydroxylation sites is 1. The molecule has 0 bridgehead atoms. The first kappa shape index (κ1) is 18.6. The van der Waals surface area contributed by atoms with Crippen molar-refractivity contribution in [3.63, 3.8) is 0 Å². The minimum atomic E-state index is -0.170.